The van der Waals surface area contributed by atoms with Gasteiger partial charge in [0.2, 0.25) is 0 Å². The molecule has 0 aromatic heterocycles. The van der Waals surface area contributed by atoms with Crippen LogP contribution in [0, 0.1) is 0 Å². The van der Waals surface area contributed by atoms with Crippen molar-refractivity contribution < 1.29 is 0 Å². The van der Waals surface area contributed by atoms with Gasteiger partial charge in [0.05, 0.1) is 0 Å². The zero-order valence-corrected chi connectivity index (χ0v) is 10.8. The average molecular weight is 229 g/mol. The molecule has 0 aliphatic carbocycles. The quantitative estimate of drug-likeness (QED) is 0.672. The molecule has 0 atom stereocenters. The first kappa shape index (κ1) is 11.8. The van der Waals surface area contributed by atoms with Gasteiger partial charge in [-0.3, -0.25) is 0 Å². The predicted molar refractivity (Wildman–Crippen MR) is 70.8 cm³/mol. The number of benzene rings is 1. The molecular formula is C12H18ClP. The first-order chi connectivity index (χ1) is 6.26. The van der Waals surface area contributed by atoms with Crippen LogP contribution in [0.1, 0.15) is 11.1 Å². The second-order valence-corrected chi connectivity index (χ2v) is 14.9. The van der Waals surface area contributed by atoms with Crippen LogP contribution in [0.25, 0.3) is 6.08 Å². The van der Waals surface area contributed by atoms with Gasteiger partial charge in [0, 0.05) is 0 Å². The monoisotopic (exact) mass is 228 g/mol. The molecule has 0 amide bonds. The molecule has 0 heterocycles. The van der Waals surface area contributed by atoms with Crippen LogP contribution in [0.4, 0.5) is 0 Å². The zero-order chi connectivity index (χ0) is 10.8. The summed E-state index contributed by atoms with van der Waals surface area (Å²) in [4.78, 5) is 0. The molecule has 0 bridgehead atoms. The topological polar surface area (TPSA) is 0 Å². The molecule has 2 heteroatoms. The number of hydrogen-bond acceptors (Lipinski definition) is 0. The van der Waals surface area contributed by atoms with E-state index >= 15 is 0 Å². The zero-order valence-electron chi connectivity index (χ0n) is 9.13. The van der Waals surface area contributed by atoms with E-state index in [1.54, 1.807) is 0 Å². The van der Waals surface area contributed by atoms with Gasteiger partial charge in [-0.2, -0.15) is 0 Å². The van der Waals surface area contributed by atoms with E-state index in [1.165, 1.54) is 5.56 Å². The average Bonchev–Trinajstić information content (AvgIpc) is 2.01. The Balaban J connectivity index is 2.85. The molecule has 0 nitrogen and oxygen atoms in total. The van der Waals surface area contributed by atoms with Crippen LogP contribution in [0.5, 0.6) is 0 Å². The third-order valence-electron chi connectivity index (χ3n) is 1.93. The van der Waals surface area contributed by atoms with Gasteiger partial charge < -0.3 is 0 Å². The Morgan fingerprint density at radius 2 is 1.71 bits per heavy atom. The van der Waals surface area contributed by atoms with Crippen molar-refractivity contribution in [3.63, 3.8) is 0 Å². The Labute approximate surface area is 91.7 Å². The third kappa shape index (κ3) is 4.26. The summed E-state index contributed by atoms with van der Waals surface area (Å²) in [7, 11) is 0. The van der Waals surface area contributed by atoms with Crippen molar-refractivity contribution >= 4 is 23.3 Å². The Hall–Kier alpha value is -0.320. The molecule has 0 saturated carbocycles. The fraction of sp³-hybridized carbons (Fsp3) is 0.333. The summed E-state index contributed by atoms with van der Waals surface area (Å²) >= 11 is 6.51. The van der Waals surface area contributed by atoms with Gasteiger partial charge >= 0.3 is 91.4 Å². The van der Waals surface area contributed by atoms with Crippen molar-refractivity contribution in [2.45, 2.75) is 6.16 Å². The summed E-state index contributed by atoms with van der Waals surface area (Å²) in [5.74, 6) is -1.94. The Bertz CT molecular complexity index is 320. The van der Waals surface area contributed by atoms with Crippen LogP contribution in [-0.2, 0) is 6.16 Å². The first-order valence-electron chi connectivity index (χ1n) is 4.70. The van der Waals surface area contributed by atoms with Crippen LogP contribution in [0.2, 0.25) is 0 Å². The normalized spacial score (nSPS) is 14.4. The Morgan fingerprint density at radius 3 is 2.07 bits per heavy atom. The van der Waals surface area contributed by atoms with Gasteiger partial charge in [0.25, 0.3) is 0 Å². The molecule has 0 aliphatic rings. The number of hydrogen-bond donors (Lipinski definition) is 0. The van der Waals surface area contributed by atoms with E-state index < -0.39 is 5.96 Å². The van der Waals surface area contributed by atoms with E-state index in [0.29, 0.717) is 0 Å². The number of rotatable bonds is 3. The summed E-state index contributed by atoms with van der Waals surface area (Å²) in [6.07, 6.45) is 2.85. The molecule has 14 heavy (non-hydrogen) atoms. The second kappa shape index (κ2) is 3.68. The van der Waals surface area contributed by atoms with E-state index in [1.807, 2.05) is 6.08 Å². The summed E-state index contributed by atoms with van der Waals surface area (Å²) in [5, 5.41) is 0. The molecule has 0 fully saturated rings. The van der Waals surface area contributed by atoms with Crippen LogP contribution >= 0.6 is 17.2 Å². The van der Waals surface area contributed by atoms with Crippen molar-refractivity contribution in [3.8, 4) is 0 Å². The third-order valence-corrected chi connectivity index (χ3v) is 3.72. The van der Waals surface area contributed by atoms with Gasteiger partial charge in [0.15, 0.2) is 0 Å². The standard InChI is InChI=1S/C12H18ClP/c1-5-11-6-8-12(9-7-11)10-14(2,3,4)13/h5-9H,1,10H2,2-4H3. The van der Waals surface area contributed by atoms with E-state index in [9.17, 15) is 0 Å². The Morgan fingerprint density at radius 1 is 1.21 bits per heavy atom. The van der Waals surface area contributed by atoms with Gasteiger partial charge in [-0.1, -0.05) is 0 Å². The van der Waals surface area contributed by atoms with Crippen molar-refractivity contribution in [1.29, 1.82) is 0 Å². The minimum atomic E-state index is -1.94. The predicted octanol–water partition coefficient (Wildman–Crippen LogP) is 4.43. The van der Waals surface area contributed by atoms with E-state index in [0.717, 1.165) is 11.7 Å². The molecule has 1 aromatic rings. The van der Waals surface area contributed by atoms with Crippen LogP contribution in [-0.4, -0.2) is 20.0 Å². The van der Waals surface area contributed by atoms with Gasteiger partial charge in [-0.05, 0) is 0 Å². The van der Waals surface area contributed by atoms with Crippen molar-refractivity contribution in [1.82, 2.24) is 0 Å². The van der Waals surface area contributed by atoms with Gasteiger partial charge in [-0.25, -0.2) is 0 Å². The summed E-state index contributed by atoms with van der Waals surface area (Å²) in [5.41, 5.74) is 2.47. The molecule has 0 spiro atoms. The van der Waals surface area contributed by atoms with E-state index in [4.69, 9.17) is 11.2 Å². The summed E-state index contributed by atoms with van der Waals surface area (Å²) in [6.45, 7) is 10.3. The molecule has 0 aliphatic heterocycles. The molecule has 0 radical (unpaired) electrons. The van der Waals surface area contributed by atoms with E-state index in [-0.39, 0.29) is 0 Å². The van der Waals surface area contributed by atoms with Crippen molar-refractivity contribution in [2.75, 3.05) is 20.0 Å². The summed E-state index contributed by atoms with van der Waals surface area (Å²) in [6, 6.07) is 8.44. The molecule has 1 aromatic carbocycles. The van der Waals surface area contributed by atoms with Crippen LogP contribution < -0.4 is 0 Å². The fourth-order valence-corrected chi connectivity index (χ4v) is 3.23. The van der Waals surface area contributed by atoms with Gasteiger partial charge in [0.1, 0.15) is 0 Å². The maximum atomic E-state index is 6.51. The van der Waals surface area contributed by atoms with Crippen molar-refractivity contribution in [2.24, 2.45) is 0 Å². The molecule has 1 rings (SSSR count). The second-order valence-electron chi connectivity index (χ2n) is 5.02. The molecule has 0 unspecified atom stereocenters. The SMILES string of the molecule is C=Cc1ccc(CP(C)(C)(C)Cl)cc1. The van der Waals surface area contributed by atoms with E-state index in [2.05, 4.69) is 50.8 Å². The summed E-state index contributed by atoms with van der Waals surface area (Å²) < 4.78 is 0. The van der Waals surface area contributed by atoms with Crippen LogP contribution in [0.3, 0.4) is 0 Å². The van der Waals surface area contributed by atoms with Crippen LogP contribution in [0.15, 0.2) is 30.8 Å². The maximum absolute atomic E-state index is 6.51. The minimum absolute atomic E-state index is 0.991. The molecule has 0 saturated heterocycles. The number of halogens is 1. The fourth-order valence-electron chi connectivity index (χ4n) is 1.38. The van der Waals surface area contributed by atoms with Gasteiger partial charge in [-0.15, -0.1) is 0 Å². The Kier molecular flexibility index (Phi) is 3.09. The van der Waals surface area contributed by atoms with Crippen molar-refractivity contribution in [3.05, 3.63) is 42.0 Å². The first-order valence-corrected chi connectivity index (χ1v) is 9.37. The molecular weight excluding hydrogens is 211 g/mol. The molecule has 78 valence electrons. The molecule has 0 N–H and O–H groups in total.